The second-order valence-electron chi connectivity index (χ2n) is 3.29. The third-order valence-corrected chi connectivity index (χ3v) is 2.09. The highest BCUT2D eigenvalue weighted by molar-refractivity contribution is 6.30. The molecule has 3 nitrogen and oxygen atoms in total. The number of rotatable bonds is 3. The Morgan fingerprint density at radius 1 is 1.57 bits per heavy atom. The van der Waals surface area contributed by atoms with Gasteiger partial charge in [-0.3, -0.25) is 4.79 Å². The molecule has 1 rings (SSSR count). The molecule has 0 saturated heterocycles. The summed E-state index contributed by atoms with van der Waals surface area (Å²) in [4.78, 5) is 10.5. The Labute approximate surface area is 87.5 Å². The summed E-state index contributed by atoms with van der Waals surface area (Å²) in [7, 11) is 0. The number of aryl methyl sites for hydroxylation is 1. The Balaban J connectivity index is 2.81. The number of halogens is 1. The molecule has 0 amide bonds. The lowest BCUT2D eigenvalue weighted by Crippen LogP contribution is -2.32. The first-order valence-electron chi connectivity index (χ1n) is 4.23. The third-order valence-electron chi connectivity index (χ3n) is 1.87. The number of hydrogen-bond acceptors (Lipinski definition) is 2. The average molecular weight is 214 g/mol. The summed E-state index contributed by atoms with van der Waals surface area (Å²) < 4.78 is 0. The quantitative estimate of drug-likeness (QED) is 0.802. The van der Waals surface area contributed by atoms with Crippen molar-refractivity contribution in [2.75, 3.05) is 0 Å². The Morgan fingerprint density at radius 3 is 2.71 bits per heavy atom. The molecule has 4 heteroatoms. The second kappa shape index (κ2) is 4.44. The Morgan fingerprint density at radius 2 is 2.21 bits per heavy atom. The molecule has 1 aromatic carbocycles. The fourth-order valence-corrected chi connectivity index (χ4v) is 1.58. The number of benzene rings is 1. The van der Waals surface area contributed by atoms with Gasteiger partial charge in [0.25, 0.3) is 0 Å². The van der Waals surface area contributed by atoms with Gasteiger partial charge in [0.1, 0.15) is 6.04 Å². The van der Waals surface area contributed by atoms with Crippen molar-refractivity contribution in [3.8, 4) is 0 Å². The fraction of sp³-hybridized carbons (Fsp3) is 0.300. The normalized spacial score (nSPS) is 12.5. The van der Waals surface area contributed by atoms with Crippen LogP contribution in [0.2, 0.25) is 5.02 Å². The molecular weight excluding hydrogens is 202 g/mol. The number of carbonyl (C=O) groups is 1. The van der Waals surface area contributed by atoms with Gasteiger partial charge in [-0.25, -0.2) is 0 Å². The van der Waals surface area contributed by atoms with Crippen LogP contribution in [0, 0.1) is 6.92 Å². The minimum atomic E-state index is -0.998. The van der Waals surface area contributed by atoms with Crippen LogP contribution in [-0.4, -0.2) is 17.1 Å². The van der Waals surface area contributed by atoms with Crippen LogP contribution in [-0.2, 0) is 11.2 Å². The number of nitrogens with two attached hydrogens (primary N) is 1. The number of hydrogen-bond donors (Lipinski definition) is 2. The molecule has 0 bridgehead atoms. The van der Waals surface area contributed by atoms with Gasteiger partial charge in [-0.05, 0) is 36.6 Å². The van der Waals surface area contributed by atoms with Gasteiger partial charge in [-0.2, -0.15) is 0 Å². The van der Waals surface area contributed by atoms with Crippen LogP contribution in [0.1, 0.15) is 11.1 Å². The molecule has 0 spiro atoms. The van der Waals surface area contributed by atoms with Crippen molar-refractivity contribution in [3.63, 3.8) is 0 Å². The van der Waals surface area contributed by atoms with Crippen molar-refractivity contribution in [1.82, 2.24) is 0 Å². The predicted molar refractivity (Wildman–Crippen MR) is 55.5 cm³/mol. The lowest BCUT2D eigenvalue weighted by Gasteiger charge is -2.07. The molecule has 1 aromatic rings. The fourth-order valence-electron chi connectivity index (χ4n) is 1.27. The molecule has 76 valence electrons. The first-order valence-corrected chi connectivity index (χ1v) is 4.61. The van der Waals surface area contributed by atoms with E-state index in [-0.39, 0.29) is 0 Å². The number of carboxylic acid groups (broad SMARTS) is 1. The highest BCUT2D eigenvalue weighted by Gasteiger charge is 2.12. The predicted octanol–water partition coefficient (Wildman–Crippen LogP) is 1.60. The van der Waals surface area contributed by atoms with E-state index in [9.17, 15) is 4.79 Å². The van der Waals surface area contributed by atoms with E-state index < -0.39 is 12.0 Å². The van der Waals surface area contributed by atoms with Crippen molar-refractivity contribution in [3.05, 3.63) is 34.3 Å². The van der Waals surface area contributed by atoms with Crippen LogP contribution in [0.15, 0.2) is 18.2 Å². The monoisotopic (exact) mass is 213 g/mol. The molecule has 0 aromatic heterocycles. The van der Waals surface area contributed by atoms with Crippen LogP contribution >= 0.6 is 11.6 Å². The zero-order valence-electron chi connectivity index (χ0n) is 7.83. The highest BCUT2D eigenvalue weighted by Crippen LogP contribution is 2.15. The summed E-state index contributed by atoms with van der Waals surface area (Å²) in [6, 6.07) is 4.57. The molecule has 3 N–H and O–H groups in total. The van der Waals surface area contributed by atoms with Gasteiger partial charge < -0.3 is 10.8 Å². The van der Waals surface area contributed by atoms with Crippen molar-refractivity contribution in [2.45, 2.75) is 19.4 Å². The van der Waals surface area contributed by atoms with E-state index in [1.54, 1.807) is 6.07 Å². The number of aliphatic carboxylic acids is 1. The van der Waals surface area contributed by atoms with Crippen LogP contribution in [0.25, 0.3) is 0 Å². The first kappa shape index (κ1) is 11.0. The van der Waals surface area contributed by atoms with Gasteiger partial charge in [-0.15, -0.1) is 0 Å². The van der Waals surface area contributed by atoms with Crippen LogP contribution in [0.5, 0.6) is 0 Å². The Hall–Kier alpha value is -1.06. The molecule has 0 radical (unpaired) electrons. The summed E-state index contributed by atoms with van der Waals surface area (Å²) in [6.07, 6.45) is 0.302. The summed E-state index contributed by atoms with van der Waals surface area (Å²) >= 11 is 5.82. The van der Waals surface area contributed by atoms with Gasteiger partial charge in [-0.1, -0.05) is 17.7 Å². The van der Waals surface area contributed by atoms with Crippen molar-refractivity contribution < 1.29 is 9.90 Å². The van der Waals surface area contributed by atoms with Crippen molar-refractivity contribution in [1.29, 1.82) is 0 Å². The van der Waals surface area contributed by atoms with E-state index in [0.29, 0.717) is 11.4 Å². The van der Waals surface area contributed by atoms with Gasteiger partial charge >= 0.3 is 5.97 Å². The van der Waals surface area contributed by atoms with Gasteiger partial charge in [0, 0.05) is 5.02 Å². The van der Waals surface area contributed by atoms with E-state index >= 15 is 0 Å². The molecule has 0 aliphatic carbocycles. The molecule has 14 heavy (non-hydrogen) atoms. The molecule has 0 fully saturated rings. The average Bonchev–Trinajstić information content (AvgIpc) is 2.01. The molecule has 1 unspecified atom stereocenters. The molecule has 1 atom stereocenters. The molecular formula is C10H12ClNO2. The smallest absolute Gasteiger partial charge is 0.320 e. The molecule has 0 aliphatic rings. The van der Waals surface area contributed by atoms with Gasteiger partial charge in [0.05, 0.1) is 0 Å². The molecule has 0 aliphatic heterocycles. The van der Waals surface area contributed by atoms with E-state index in [4.69, 9.17) is 22.4 Å². The second-order valence-corrected chi connectivity index (χ2v) is 3.72. The lowest BCUT2D eigenvalue weighted by atomic mass is 10.0. The van der Waals surface area contributed by atoms with E-state index in [2.05, 4.69) is 0 Å². The van der Waals surface area contributed by atoms with E-state index in [1.165, 1.54) is 0 Å². The first-order chi connectivity index (χ1) is 6.49. The molecule has 0 heterocycles. The zero-order valence-corrected chi connectivity index (χ0v) is 8.58. The minimum Gasteiger partial charge on any atom is -0.480 e. The summed E-state index contributed by atoms with van der Waals surface area (Å²) in [5.41, 5.74) is 7.26. The summed E-state index contributed by atoms with van der Waals surface area (Å²) in [5, 5.41) is 9.23. The van der Waals surface area contributed by atoms with Crippen LogP contribution < -0.4 is 5.73 Å². The summed E-state index contributed by atoms with van der Waals surface area (Å²) in [6.45, 7) is 1.90. The van der Waals surface area contributed by atoms with E-state index in [0.717, 1.165) is 11.1 Å². The van der Waals surface area contributed by atoms with Gasteiger partial charge in [0.2, 0.25) is 0 Å². The maximum absolute atomic E-state index is 10.5. The van der Waals surface area contributed by atoms with Crippen molar-refractivity contribution >= 4 is 17.6 Å². The zero-order chi connectivity index (χ0) is 10.7. The van der Waals surface area contributed by atoms with Crippen LogP contribution in [0.4, 0.5) is 0 Å². The number of carboxylic acids is 1. The SMILES string of the molecule is Cc1cc(Cl)cc(CC(N)C(=O)O)c1. The van der Waals surface area contributed by atoms with E-state index in [1.807, 2.05) is 19.1 Å². The standard InChI is InChI=1S/C10H12ClNO2/c1-6-2-7(4-8(11)3-6)5-9(12)10(13)14/h2-4,9H,5,12H2,1H3,(H,13,14). The van der Waals surface area contributed by atoms with Gasteiger partial charge in [0.15, 0.2) is 0 Å². The topological polar surface area (TPSA) is 63.3 Å². The third kappa shape index (κ3) is 3.01. The largest absolute Gasteiger partial charge is 0.480 e. The van der Waals surface area contributed by atoms with Crippen LogP contribution in [0.3, 0.4) is 0 Å². The lowest BCUT2D eigenvalue weighted by molar-refractivity contribution is -0.138. The Kier molecular flexibility index (Phi) is 3.49. The highest BCUT2D eigenvalue weighted by atomic mass is 35.5. The maximum atomic E-state index is 10.5. The Bertz CT molecular complexity index is 332. The van der Waals surface area contributed by atoms with Crippen molar-refractivity contribution in [2.24, 2.45) is 5.73 Å². The molecule has 0 saturated carbocycles. The summed E-state index contributed by atoms with van der Waals surface area (Å²) in [5.74, 6) is -0.998. The maximum Gasteiger partial charge on any atom is 0.320 e. The minimum absolute atomic E-state index is 0.302.